The van der Waals surface area contributed by atoms with E-state index in [9.17, 15) is 29.1 Å². The summed E-state index contributed by atoms with van der Waals surface area (Å²) in [4.78, 5) is 74.7. The van der Waals surface area contributed by atoms with Gasteiger partial charge in [0.2, 0.25) is 11.8 Å². The zero-order valence-electron chi connectivity index (χ0n) is 35.7. The molecule has 310 valence electrons. The number of Topliss-reactive ketones (excluding diaryl/α,β-unsaturated/α-hetero) is 1. The number of rotatable bonds is 20. The van der Waals surface area contributed by atoms with Crippen molar-refractivity contribution in [1.82, 2.24) is 14.7 Å². The Hall–Kier alpha value is -5.03. The van der Waals surface area contributed by atoms with Crippen molar-refractivity contribution in [3.63, 3.8) is 0 Å². The Labute approximate surface area is 339 Å². The number of esters is 2. The predicted octanol–water partition coefficient (Wildman–Crippen LogP) is 5.98. The van der Waals surface area contributed by atoms with E-state index in [4.69, 9.17) is 9.47 Å². The number of nitrogens with zero attached hydrogens (tertiary/aromatic N) is 3. The molecule has 3 rings (SSSR count). The van der Waals surface area contributed by atoms with Crippen molar-refractivity contribution < 1.29 is 38.6 Å². The first-order chi connectivity index (χ1) is 26.9. The van der Waals surface area contributed by atoms with Crippen molar-refractivity contribution in [2.24, 2.45) is 17.8 Å². The molecule has 0 saturated heterocycles. The lowest BCUT2D eigenvalue weighted by Gasteiger charge is -2.36. The molecule has 3 aromatic rings. The summed E-state index contributed by atoms with van der Waals surface area (Å²) in [5, 5.41) is 9.95. The van der Waals surface area contributed by atoms with Gasteiger partial charge in [-0.25, -0.2) is 4.79 Å². The monoisotopic (exact) mass is 785 g/mol. The second-order valence-electron chi connectivity index (χ2n) is 15.9. The highest BCUT2D eigenvalue weighted by Crippen LogP contribution is 2.26. The van der Waals surface area contributed by atoms with E-state index >= 15 is 0 Å². The van der Waals surface area contributed by atoms with Crippen LogP contribution in [0, 0.1) is 31.6 Å². The number of hydrogen-bond donors (Lipinski definition) is 1. The van der Waals surface area contributed by atoms with E-state index in [1.807, 2.05) is 90.1 Å². The normalized spacial score (nSPS) is 14.5. The molecule has 0 unspecified atom stereocenters. The van der Waals surface area contributed by atoms with E-state index < -0.39 is 53.9 Å². The first-order valence-corrected chi connectivity index (χ1v) is 19.8. The van der Waals surface area contributed by atoms with Gasteiger partial charge < -0.3 is 24.4 Å². The van der Waals surface area contributed by atoms with Crippen molar-refractivity contribution in [3.8, 4) is 5.75 Å². The van der Waals surface area contributed by atoms with Crippen LogP contribution in [0.5, 0.6) is 5.75 Å². The third-order valence-electron chi connectivity index (χ3n) is 11.0. The molecule has 0 fully saturated rings. The summed E-state index contributed by atoms with van der Waals surface area (Å²) >= 11 is 0. The van der Waals surface area contributed by atoms with Gasteiger partial charge >= 0.3 is 11.9 Å². The molecule has 0 spiro atoms. The van der Waals surface area contributed by atoms with Crippen molar-refractivity contribution in [1.29, 1.82) is 0 Å². The average Bonchev–Trinajstić information content (AvgIpc) is 3.19. The largest absolute Gasteiger partial charge is 0.508 e. The van der Waals surface area contributed by atoms with E-state index in [2.05, 4.69) is 0 Å². The number of ketones is 1. The lowest BCUT2D eigenvalue weighted by atomic mass is 9.85. The van der Waals surface area contributed by atoms with Crippen LogP contribution >= 0.6 is 0 Å². The van der Waals surface area contributed by atoms with Gasteiger partial charge in [0, 0.05) is 45.2 Å². The lowest BCUT2D eigenvalue weighted by molar-refractivity contribution is -0.163. The molecule has 11 heteroatoms. The van der Waals surface area contributed by atoms with Gasteiger partial charge in [-0.15, -0.1) is 0 Å². The number of phenolic OH excluding ortho intramolecular Hbond substituents is 1. The van der Waals surface area contributed by atoms with E-state index in [1.165, 1.54) is 43.1 Å². The van der Waals surface area contributed by atoms with Crippen LogP contribution in [0.4, 0.5) is 0 Å². The maximum absolute atomic E-state index is 14.6. The minimum atomic E-state index is -1.08. The summed E-state index contributed by atoms with van der Waals surface area (Å²) in [5.41, 5.74) is 4.63. The van der Waals surface area contributed by atoms with Crippen molar-refractivity contribution in [2.75, 3.05) is 35.3 Å². The minimum absolute atomic E-state index is 0.0500. The zero-order valence-corrected chi connectivity index (χ0v) is 35.7. The number of phenols is 1. The van der Waals surface area contributed by atoms with Crippen LogP contribution in [-0.4, -0.2) is 109 Å². The molecule has 0 saturated carbocycles. The molecule has 0 bridgehead atoms. The standard InChI is InChI=1S/C46H63N3O8/c1-12-32(6)42(57-46(55)39(47(7)8)26-33-17-13-30(4)14-18-33)41(51)28-37(29(2)3)43(52)48(9)38(25-35-21-23-36(50)24-22-35)44(53)49(10)40(45(54)56-11)27-34-19-15-31(5)16-20-34/h13-24,29,32,37-40,42,50H,12,25-28H2,1-11H3/t32-,37-,38-,39-,40+,42-/m0/s1. The van der Waals surface area contributed by atoms with Crippen LogP contribution in [0.15, 0.2) is 72.8 Å². The Morgan fingerprint density at radius 1 is 0.632 bits per heavy atom. The summed E-state index contributed by atoms with van der Waals surface area (Å²) in [6.45, 7) is 11.4. The molecular formula is C46H63N3O8. The van der Waals surface area contributed by atoms with Crippen LogP contribution < -0.4 is 0 Å². The fourth-order valence-corrected chi connectivity index (χ4v) is 6.79. The second kappa shape index (κ2) is 21.5. The Balaban J connectivity index is 1.93. The number of benzene rings is 3. The van der Waals surface area contributed by atoms with Gasteiger partial charge in [-0.1, -0.05) is 99.5 Å². The molecule has 57 heavy (non-hydrogen) atoms. The van der Waals surface area contributed by atoms with E-state index in [0.717, 1.165) is 22.3 Å². The van der Waals surface area contributed by atoms with Crippen LogP contribution in [0.1, 0.15) is 68.4 Å². The minimum Gasteiger partial charge on any atom is -0.508 e. The van der Waals surface area contributed by atoms with Crippen molar-refractivity contribution in [2.45, 2.75) is 97.9 Å². The van der Waals surface area contributed by atoms with Crippen LogP contribution in [0.25, 0.3) is 0 Å². The Morgan fingerprint density at radius 3 is 1.51 bits per heavy atom. The molecule has 3 aromatic carbocycles. The number of aryl methyl sites for hydroxylation is 2. The molecular weight excluding hydrogens is 723 g/mol. The Morgan fingerprint density at radius 2 is 1.07 bits per heavy atom. The Kier molecular flexibility index (Phi) is 17.5. The fourth-order valence-electron chi connectivity index (χ4n) is 6.79. The van der Waals surface area contributed by atoms with Gasteiger partial charge in [-0.3, -0.25) is 24.1 Å². The van der Waals surface area contributed by atoms with Gasteiger partial charge in [-0.2, -0.15) is 0 Å². The number of methoxy groups -OCH3 is 1. The molecule has 2 amide bonds. The van der Waals surface area contributed by atoms with Crippen molar-refractivity contribution >= 4 is 29.5 Å². The van der Waals surface area contributed by atoms with Crippen LogP contribution in [0.2, 0.25) is 0 Å². The molecule has 0 aliphatic carbocycles. The Bertz CT molecular complexity index is 1790. The summed E-state index contributed by atoms with van der Waals surface area (Å²) in [5.74, 6) is -3.85. The van der Waals surface area contributed by atoms with Gasteiger partial charge in [0.05, 0.1) is 7.11 Å². The fraction of sp³-hybridized carbons (Fsp3) is 0.500. The second-order valence-corrected chi connectivity index (χ2v) is 15.9. The first-order valence-electron chi connectivity index (χ1n) is 19.8. The van der Waals surface area contributed by atoms with Crippen LogP contribution in [-0.2, 0) is 52.7 Å². The number of hydrogen-bond acceptors (Lipinski definition) is 9. The number of carbonyl (C=O) groups excluding carboxylic acids is 5. The topological polar surface area (TPSA) is 134 Å². The summed E-state index contributed by atoms with van der Waals surface area (Å²) in [6.07, 6.45) is -0.0562. The first kappa shape index (κ1) is 46.4. The maximum atomic E-state index is 14.6. The predicted molar refractivity (Wildman–Crippen MR) is 221 cm³/mol. The highest BCUT2D eigenvalue weighted by atomic mass is 16.5. The lowest BCUT2D eigenvalue weighted by Crippen LogP contribution is -2.55. The number of likely N-dealkylation sites (N-methyl/N-ethyl adjacent to an activating group) is 3. The molecule has 1 N–H and O–H groups in total. The molecule has 6 atom stereocenters. The molecule has 0 heterocycles. The number of carbonyl (C=O) groups is 5. The average molecular weight is 786 g/mol. The number of amides is 2. The SMILES string of the molecule is CC[C@H](C)[C@H](OC(=O)[C@H](Cc1ccc(C)cc1)N(C)C)C(=O)C[C@H](C(=O)N(C)[C@@H](Cc1ccc(O)cc1)C(=O)N(C)[C@H](Cc1ccc(C)cc1)C(=O)OC)C(C)C. The highest BCUT2D eigenvalue weighted by Gasteiger charge is 2.40. The summed E-state index contributed by atoms with van der Waals surface area (Å²) in [6, 6.07) is 19.2. The highest BCUT2D eigenvalue weighted by molar-refractivity contribution is 5.94. The number of aromatic hydroxyl groups is 1. The zero-order chi connectivity index (χ0) is 42.6. The van der Waals surface area contributed by atoms with E-state index in [-0.39, 0.29) is 42.6 Å². The van der Waals surface area contributed by atoms with Gasteiger partial charge in [-0.05, 0) is 75.5 Å². The van der Waals surface area contributed by atoms with Crippen molar-refractivity contribution in [3.05, 3.63) is 101 Å². The van der Waals surface area contributed by atoms with Gasteiger partial charge in [0.15, 0.2) is 11.9 Å². The summed E-state index contributed by atoms with van der Waals surface area (Å²) < 4.78 is 11.2. The molecule has 0 aliphatic heterocycles. The summed E-state index contributed by atoms with van der Waals surface area (Å²) in [7, 11) is 7.92. The number of ether oxygens (including phenoxy) is 2. The van der Waals surface area contributed by atoms with E-state index in [0.29, 0.717) is 18.4 Å². The molecule has 0 aromatic heterocycles. The van der Waals surface area contributed by atoms with Crippen LogP contribution in [0.3, 0.4) is 0 Å². The third-order valence-corrected chi connectivity index (χ3v) is 11.0. The molecule has 0 radical (unpaired) electrons. The van der Waals surface area contributed by atoms with E-state index in [1.54, 1.807) is 31.1 Å². The van der Waals surface area contributed by atoms with Gasteiger partial charge in [0.25, 0.3) is 0 Å². The third kappa shape index (κ3) is 13.0. The molecule has 11 nitrogen and oxygen atoms in total. The smallest absolute Gasteiger partial charge is 0.328 e. The maximum Gasteiger partial charge on any atom is 0.328 e. The van der Waals surface area contributed by atoms with Gasteiger partial charge in [0.1, 0.15) is 23.9 Å². The molecule has 0 aliphatic rings. The quantitative estimate of drug-likeness (QED) is 0.137.